The molecule has 0 bridgehead atoms. The van der Waals surface area contributed by atoms with Gasteiger partial charge in [-0.05, 0) is 72.8 Å². The van der Waals surface area contributed by atoms with Crippen LogP contribution in [0.1, 0.15) is 0 Å². The third kappa shape index (κ3) is 5.40. The fourth-order valence-corrected chi connectivity index (χ4v) is 13.8. The highest BCUT2D eigenvalue weighted by molar-refractivity contribution is 7.00. The molecule has 0 aliphatic rings. The molecule has 0 unspecified atom stereocenters. The summed E-state index contributed by atoms with van der Waals surface area (Å²) in [5.74, 6) is 0. The zero-order valence-corrected chi connectivity index (χ0v) is 38.2. The summed E-state index contributed by atoms with van der Waals surface area (Å²) in [4.78, 5) is 0. The van der Waals surface area contributed by atoms with E-state index in [1.807, 2.05) is 0 Å². The maximum absolute atomic E-state index is 2.53. The van der Waals surface area contributed by atoms with Crippen molar-refractivity contribution in [1.82, 2.24) is 18.3 Å². The van der Waals surface area contributed by atoms with Gasteiger partial charge in [0.25, 0.3) is 0 Å². The lowest BCUT2D eigenvalue weighted by atomic mass is 10.1. The van der Waals surface area contributed by atoms with Gasteiger partial charge in [-0.15, -0.1) is 0 Å². The highest BCUT2D eigenvalue weighted by Gasteiger charge is 2.30. The summed E-state index contributed by atoms with van der Waals surface area (Å²) in [6.45, 7) is 5.05. The van der Waals surface area contributed by atoms with Gasteiger partial charge in [-0.3, -0.25) is 0 Å². The Kier molecular flexibility index (Phi) is 8.10. The maximum Gasteiger partial charge on any atom is 0.112 e. The smallest absolute Gasteiger partial charge is 0.112 e. The van der Waals surface area contributed by atoms with E-state index in [0.29, 0.717) is 0 Å². The highest BCUT2D eigenvalue weighted by atomic mass is 28.3. The number of benzene rings is 10. The molecule has 0 aliphatic heterocycles. The van der Waals surface area contributed by atoms with E-state index < -0.39 is 8.07 Å². The summed E-state index contributed by atoms with van der Waals surface area (Å²) in [5.41, 5.74) is 14.4. The Morgan fingerprint density at radius 1 is 0.239 bits per heavy atom. The van der Waals surface area contributed by atoms with Gasteiger partial charge in [-0.1, -0.05) is 181 Å². The van der Waals surface area contributed by atoms with Crippen LogP contribution in [0.2, 0.25) is 13.1 Å². The molecule has 0 N–H and O–H groups in total. The molecule has 14 rings (SSSR count). The Bertz CT molecular complexity index is 3990. The Labute approximate surface area is 388 Å². The molecule has 0 atom stereocenters. The molecule has 4 heterocycles. The van der Waals surface area contributed by atoms with E-state index in [1.54, 1.807) is 0 Å². The fraction of sp³-hybridized carbons (Fsp3) is 0.0323. The fourth-order valence-electron chi connectivity index (χ4n) is 11.4. The van der Waals surface area contributed by atoms with Gasteiger partial charge in [-0.2, -0.15) is 0 Å². The van der Waals surface area contributed by atoms with Crippen molar-refractivity contribution in [2.45, 2.75) is 13.1 Å². The van der Waals surface area contributed by atoms with Crippen molar-refractivity contribution in [3.05, 3.63) is 231 Å². The summed E-state index contributed by atoms with van der Waals surface area (Å²) in [5, 5.41) is 12.9. The Morgan fingerprint density at radius 2 is 0.507 bits per heavy atom. The van der Waals surface area contributed by atoms with Gasteiger partial charge < -0.3 is 18.3 Å². The predicted octanol–water partition coefficient (Wildman–Crippen LogP) is 14.9. The van der Waals surface area contributed by atoms with Crippen LogP contribution in [0.4, 0.5) is 0 Å². The Hall–Kier alpha value is -8.38. The van der Waals surface area contributed by atoms with Gasteiger partial charge in [0.2, 0.25) is 0 Å². The normalized spacial score (nSPS) is 12.3. The summed E-state index contributed by atoms with van der Waals surface area (Å²) in [6.07, 6.45) is 0. The van der Waals surface area contributed by atoms with Crippen LogP contribution < -0.4 is 10.4 Å². The maximum atomic E-state index is 2.53. The molecule has 4 nitrogen and oxygen atoms in total. The minimum Gasteiger partial charge on any atom is -0.307 e. The molecule has 0 saturated heterocycles. The van der Waals surface area contributed by atoms with Crippen LogP contribution in [-0.4, -0.2) is 26.3 Å². The number of aromatic nitrogens is 4. The van der Waals surface area contributed by atoms with E-state index in [9.17, 15) is 0 Å². The van der Waals surface area contributed by atoms with Crippen LogP contribution in [0.3, 0.4) is 0 Å². The average molecular weight is 873 g/mol. The van der Waals surface area contributed by atoms with E-state index in [-0.39, 0.29) is 0 Å². The predicted molar refractivity (Wildman–Crippen MR) is 287 cm³/mol. The number of hydrogen-bond acceptors (Lipinski definition) is 0. The zero-order chi connectivity index (χ0) is 44.4. The summed E-state index contributed by atoms with van der Waals surface area (Å²) in [6, 6.07) is 85.4. The first-order valence-corrected chi connectivity index (χ1v) is 26.3. The topological polar surface area (TPSA) is 19.7 Å². The minimum atomic E-state index is -2.32. The molecule has 0 spiro atoms. The molecule has 0 amide bonds. The van der Waals surface area contributed by atoms with Gasteiger partial charge in [0.1, 0.15) is 8.07 Å². The van der Waals surface area contributed by atoms with Gasteiger partial charge >= 0.3 is 0 Å². The third-order valence-corrected chi connectivity index (χ3v) is 18.1. The molecule has 0 saturated carbocycles. The molecule has 4 aromatic heterocycles. The summed E-state index contributed by atoms with van der Waals surface area (Å²) >= 11 is 0. The molecule has 0 aliphatic carbocycles. The van der Waals surface area contributed by atoms with Crippen LogP contribution in [0.25, 0.3) is 110 Å². The van der Waals surface area contributed by atoms with Gasteiger partial charge in [0.05, 0.1) is 44.1 Å². The van der Waals surface area contributed by atoms with Crippen molar-refractivity contribution in [3.63, 3.8) is 0 Å². The first-order chi connectivity index (χ1) is 33.0. The number of para-hydroxylation sites is 6. The van der Waals surface area contributed by atoms with Gasteiger partial charge in [-0.25, -0.2) is 0 Å². The first kappa shape index (κ1) is 37.9. The minimum absolute atomic E-state index is 1.16. The van der Waals surface area contributed by atoms with Crippen LogP contribution >= 0.6 is 0 Å². The number of rotatable bonds is 6. The SMILES string of the molecule is C[Si](C)(c1ccc2c(c1)c1ccc3c4ccccc4n(-c4ccccc4)c3c1n2-c1ccccc1)c1ccc2c(c1)c1ccc3c4ccccc4n(-c4ccccc4)c3c1n2-c1ccccc1. The van der Waals surface area contributed by atoms with Crippen molar-refractivity contribution in [2.24, 2.45) is 0 Å². The van der Waals surface area contributed by atoms with Crippen LogP contribution in [0.5, 0.6) is 0 Å². The second-order valence-electron chi connectivity index (χ2n) is 18.5. The molecule has 5 heteroatoms. The van der Waals surface area contributed by atoms with Crippen molar-refractivity contribution in [2.75, 3.05) is 0 Å². The standard InChI is InChI=1S/C62H44N4Si/c1-67(2,45-31-37-57-53(39-45)51-35-33-49-47-27-15-17-29-55(47)63(41-19-7-3-8-20-41)59(49)61(51)65(57)43-23-11-5-12-24-43)46-32-38-58-54(40-46)52-36-34-50-48-28-16-18-30-56(48)64(42-21-9-4-10-22-42)60(50)62(52)66(58)44-25-13-6-14-26-44/h3-40H,1-2H3. The van der Waals surface area contributed by atoms with Crippen molar-refractivity contribution in [1.29, 1.82) is 0 Å². The lowest BCUT2D eigenvalue weighted by Gasteiger charge is -2.24. The molecular formula is C62H44N4Si. The van der Waals surface area contributed by atoms with E-state index in [4.69, 9.17) is 0 Å². The monoisotopic (exact) mass is 872 g/mol. The van der Waals surface area contributed by atoms with E-state index in [0.717, 1.165) is 22.7 Å². The second kappa shape index (κ2) is 14.3. The highest BCUT2D eigenvalue weighted by Crippen LogP contribution is 2.44. The lowest BCUT2D eigenvalue weighted by Crippen LogP contribution is -2.52. The van der Waals surface area contributed by atoms with E-state index in [2.05, 4.69) is 262 Å². The number of hydrogen-bond donors (Lipinski definition) is 0. The van der Waals surface area contributed by atoms with Gasteiger partial charge in [0.15, 0.2) is 0 Å². The van der Waals surface area contributed by atoms with Crippen LogP contribution in [-0.2, 0) is 0 Å². The van der Waals surface area contributed by atoms with E-state index in [1.165, 1.54) is 97.6 Å². The quantitative estimate of drug-likeness (QED) is 0.148. The summed E-state index contributed by atoms with van der Waals surface area (Å²) in [7, 11) is -2.32. The second-order valence-corrected chi connectivity index (χ2v) is 22.9. The van der Waals surface area contributed by atoms with E-state index >= 15 is 0 Å². The van der Waals surface area contributed by atoms with Gasteiger partial charge in [0, 0.05) is 65.8 Å². The molecule has 0 radical (unpaired) electrons. The molecule has 14 aromatic rings. The largest absolute Gasteiger partial charge is 0.307 e. The molecule has 0 fully saturated rings. The number of fused-ring (bicyclic) bond motifs is 14. The van der Waals surface area contributed by atoms with Crippen LogP contribution in [0, 0.1) is 0 Å². The van der Waals surface area contributed by atoms with Crippen molar-refractivity contribution >= 4 is 106 Å². The summed E-state index contributed by atoms with van der Waals surface area (Å²) < 4.78 is 9.95. The van der Waals surface area contributed by atoms with Crippen molar-refractivity contribution < 1.29 is 0 Å². The Balaban J connectivity index is 1.02. The number of nitrogens with zero attached hydrogens (tertiary/aromatic N) is 4. The molecule has 10 aromatic carbocycles. The zero-order valence-electron chi connectivity index (χ0n) is 37.2. The molecule has 67 heavy (non-hydrogen) atoms. The average Bonchev–Trinajstić information content (AvgIpc) is 4.12. The first-order valence-electron chi connectivity index (χ1n) is 23.3. The molecular weight excluding hydrogens is 829 g/mol. The molecule has 316 valence electrons. The van der Waals surface area contributed by atoms with Crippen molar-refractivity contribution in [3.8, 4) is 22.7 Å². The third-order valence-electron chi connectivity index (χ3n) is 14.6. The lowest BCUT2D eigenvalue weighted by molar-refractivity contribution is 1.15. The van der Waals surface area contributed by atoms with Crippen LogP contribution in [0.15, 0.2) is 231 Å². The Morgan fingerprint density at radius 3 is 0.836 bits per heavy atom.